The number of nitrogens with one attached hydrogen (secondary N) is 1. The molecule has 3 nitrogen and oxygen atoms in total. The highest BCUT2D eigenvalue weighted by Gasteiger charge is 2.27. The van der Waals surface area contributed by atoms with Crippen LogP contribution in [0.3, 0.4) is 0 Å². The summed E-state index contributed by atoms with van der Waals surface area (Å²) in [4.78, 5) is 11.3. The topological polar surface area (TPSA) is 38.3 Å². The lowest BCUT2D eigenvalue weighted by molar-refractivity contribution is -0.174. The highest BCUT2D eigenvalue weighted by atomic mass is 35.5. The quantitative estimate of drug-likeness (QED) is 0.602. The number of alkyl halides is 4. The van der Waals surface area contributed by atoms with E-state index >= 15 is 0 Å². The van der Waals surface area contributed by atoms with Gasteiger partial charge in [0.15, 0.2) is 0 Å². The van der Waals surface area contributed by atoms with Gasteiger partial charge in [0.25, 0.3) is 0 Å². The van der Waals surface area contributed by atoms with Crippen LogP contribution in [0.1, 0.15) is 25.7 Å². The summed E-state index contributed by atoms with van der Waals surface area (Å²) in [6, 6.07) is 0. The molecule has 0 saturated heterocycles. The van der Waals surface area contributed by atoms with E-state index in [4.69, 9.17) is 11.6 Å². The molecule has 1 fully saturated rings. The van der Waals surface area contributed by atoms with Gasteiger partial charge in [-0.1, -0.05) is 6.42 Å². The Balaban J connectivity index is 2.04. The molecule has 0 radical (unpaired) electrons. The van der Waals surface area contributed by atoms with Crippen LogP contribution in [0.4, 0.5) is 13.2 Å². The summed E-state index contributed by atoms with van der Waals surface area (Å²) in [5.74, 6) is -0.0281. The zero-order chi connectivity index (χ0) is 13.6. The van der Waals surface area contributed by atoms with Gasteiger partial charge < -0.3 is 10.1 Å². The van der Waals surface area contributed by atoms with E-state index in [1.807, 2.05) is 0 Å². The van der Waals surface area contributed by atoms with Crippen LogP contribution in [0, 0.1) is 5.92 Å². The number of rotatable bonds is 6. The maximum Gasteiger partial charge on any atom is 0.411 e. The van der Waals surface area contributed by atoms with Crippen LogP contribution >= 0.6 is 11.6 Å². The first-order chi connectivity index (χ1) is 8.38. The molecule has 0 heterocycles. The molecule has 106 valence electrons. The zero-order valence-electron chi connectivity index (χ0n) is 9.93. The van der Waals surface area contributed by atoms with Crippen molar-refractivity contribution < 1.29 is 22.7 Å². The summed E-state index contributed by atoms with van der Waals surface area (Å²) in [5.41, 5.74) is 0. The smallest absolute Gasteiger partial charge is 0.372 e. The largest absolute Gasteiger partial charge is 0.411 e. The van der Waals surface area contributed by atoms with Gasteiger partial charge in [-0.15, -0.1) is 11.6 Å². The monoisotopic (exact) mass is 287 g/mol. The molecule has 0 aromatic carbocycles. The van der Waals surface area contributed by atoms with Crippen LogP contribution in [0.25, 0.3) is 0 Å². The number of hydrogen-bond acceptors (Lipinski definition) is 2. The Morgan fingerprint density at radius 1 is 1.39 bits per heavy atom. The van der Waals surface area contributed by atoms with Crippen molar-refractivity contribution in [2.45, 2.75) is 37.2 Å². The molecule has 1 N–H and O–H groups in total. The van der Waals surface area contributed by atoms with Gasteiger partial charge in [0.2, 0.25) is 5.91 Å². The lowest BCUT2D eigenvalue weighted by Gasteiger charge is -2.14. The highest BCUT2D eigenvalue weighted by molar-refractivity contribution is 6.20. The maximum atomic E-state index is 11.7. The van der Waals surface area contributed by atoms with Crippen LogP contribution in [0.5, 0.6) is 0 Å². The lowest BCUT2D eigenvalue weighted by Crippen LogP contribution is -2.32. The molecule has 1 amide bonds. The molecule has 0 bridgehead atoms. The minimum atomic E-state index is -4.34. The van der Waals surface area contributed by atoms with Gasteiger partial charge in [-0.2, -0.15) is 13.2 Å². The number of carbonyl (C=O) groups is 1. The van der Waals surface area contributed by atoms with Crippen LogP contribution < -0.4 is 5.32 Å². The molecule has 2 atom stereocenters. The molecular weight excluding hydrogens is 271 g/mol. The van der Waals surface area contributed by atoms with E-state index < -0.39 is 12.8 Å². The Bertz CT molecular complexity index is 274. The predicted molar refractivity (Wildman–Crippen MR) is 61.5 cm³/mol. The third-order valence-corrected chi connectivity index (χ3v) is 3.44. The molecule has 1 rings (SSSR count). The molecule has 2 unspecified atom stereocenters. The molecular formula is C11H17ClF3NO2. The average Bonchev–Trinajstić information content (AvgIpc) is 2.66. The SMILES string of the molecule is O=C(CCOCC(F)(F)F)NCC1CCCC1Cl. The van der Waals surface area contributed by atoms with Gasteiger partial charge in [0.1, 0.15) is 6.61 Å². The van der Waals surface area contributed by atoms with E-state index in [0.717, 1.165) is 19.3 Å². The van der Waals surface area contributed by atoms with Crippen molar-refractivity contribution in [3.8, 4) is 0 Å². The second kappa shape index (κ2) is 7.19. The highest BCUT2D eigenvalue weighted by Crippen LogP contribution is 2.29. The van der Waals surface area contributed by atoms with Crippen LogP contribution in [0.2, 0.25) is 0 Å². The number of carbonyl (C=O) groups excluding carboxylic acids is 1. The predicted octanol–water partition coefficient (Wildman–Crippen LogP) is 2.48. The summed E-state index contributed by atoms with van der Waals surface area (Å²) >= 11 is 6.04. The molecule has 18 heavy (non-hydrogen) atoms. The van der Waals surface area contributed by atoms with Crippen LogP contribution in [-0.4, -0.2) is 37.2 Å². The fraction of sp³-hybridized carbons (Fsp3) is 0.909. The summed E-state index contributed by atoms with van der Waals surface area (Å²) < 4.78 is 39.6. The maximum absolute atomic E-state index is 11.7. The van der Waals surface area contributed by atoms with E-state index in [1.165, 1.54) is 0 Å². The fourth-order valence-electron chi connectivity index (χ4n) is 1.91. The Labute approximate surface area is 109 Å². The van der Waals surface area contributed by atoms with E-state index in [-0.39, 0.29) is 30.2 Å². The van der Waals surface area contributed by atoms with E-state index in [1.54, 1.807) is 0 Å². The Morgan fingerprint density at radius 2 is 2.11 bits per heavy atom. The molecule has 7 heteroatoms. The number of hydrogen-bond donors (Lipinski definition) is 1. The minimum absolute atomic E-state index is 0.0598. The summed E-state index contributed by atoms with van der Waals surface area (Å²) in [6.07, 6.45) is -1.40. The van der Waals surface area contributed by atoms with E-state index in [2.05, 4.69) is 10.1 Å². The first-order valence-electron chi connectivity index (χ1n) is 5.94. The molecule has 1 saturated carbocycles. The third kappa shape index (κ3) is 6.44. The van der Waals surface area contributed by atoms with Crippen molar-refractivity contribution in [1.82, 2.24) is 5.32 Å². The molecule has 0 spiro atoms. The first kappa shape index (κ1) is 15.6. The van der Waals surface area contributed by atoms with Crippen molar-refractivity contribution in [2.75, 3.05) is 19.8 Å². The van der Waals surface area contributed by atoms with E-state index in [9.17, 15) is 18.0 Å². The second-order valence-electron chi connectivity index (χ2n) is 4.43. The van der Waals surface area contributed by atoms with Crippen molar-refractivity contribution in [1.29, 1.82) is 0 Å². The van der Waals surface area contributed by atoms with Gasteiger partial charge in [0.05, 0.1) is 6.61 Å². The number of amides is 1. The zero-order valence-corrected chi connectivity index (χ0v) is 10.7. The molecule has 0 aromatic heterocycles. The van der Waals surface area contributed by atoms with Crippen LogP contribution in [-0.2, 0) is 9.53 Å². The summed E-state index contributed by atoms with van der Waals surface area (Å²) in [5, 5.41) is 2.76. The van der Waals surface area contributed by atoms with Crippen LogP contribution in [0.15, 0.2) is 0 Å². The van der Waals surface area contributed by atoms with Gasteiger partial charge in [0, 0.05) is 18.3 Å². The molecule has 0 aromatic rings. The third-order valence-electron chi connectivity index (χ3n) is 2.87. The Kier molecular flexibility index (Phi) is 6.21. The summed E-state index contributed by atoms with van der Waals surface area (Å²) in [7, 11) is 0. The number of ether oxygens (including phenoxy) is 1. The number of halogens is 4. The van der Waals surface area contributed by atoms with Crippen molar-refractivity contribution in [3.63, 3.8) is 0 Å². The average molecular weight is 288 g/mol. The first-order valence-corrected chi connectivity index (χ1v) is 6.37. The molecule has 1 aliphatic rings. The van der Waals surface area contributed by atoms with Crippen molar-refractivity contribution >= 4 is 17.5 Å². The summed E-state index contributed by atoms with van der Waals surface area (Å²) in [6.45, 7) is -1.04. The molecule has 0 aliphatic heterocycles. The van der Waals surface area contributed by atoms with Gasteiger partial charge >= 0.3 is 6.18 Å². The van der Waals surface area contributed by atoms with Crippen molar-refractivity contribution in [2.24, 2.45) is 5.92 Å². The fourth-order valence-corrected chi connectivity index (χ4v) is 2.28. The van der Waals surface area contributed by atoms with E-state index in [0.29, 0.717) is 6.54 Å². The van der Waals surface area contributed by atoms with Gasteiger partial charge in [-0.3, -0.25) is 4.79 Å². The lowest BCUT2D eigenvalue weighted by atomic mass is 10.1. The standard InChI is InChI=1S/C11H17ClF3NO2/c12-9-3-1-2-8(9)6-16-10(17)4-5-18-7-11(13,14)15/h8-9H,1-7H2,(H,16,17). The normalized spacial score (nSPS) is 24.2. The van der Waals surface area contributed by atoms with Gasteiger partial charge in [-0.25, -0.2) is 0 Å². The minimum Gasteiger partial charge on any atom is -0.372 e. The Hall–Kier alpha value is -0.490. The second-order valence-corrected chi connectivity index (χ2v) is 4.99. The van der Waals surface area contributed by atoms with Gasteiger partial charge in [-0.05, 0) is 18.8 Å². The molecule has 1 aliphatic carbocycles. The van der Waals surface area contributed by atoms with Crippen molar-refractivity contribution in [3.05, 3.63) is 0 Å². The Morgan fingerprint density at radius 3 is 2.67 bits per heavy atom.